The molecule has 1 aliphatic rings. The molecule has 0 saturated heterocycles. The van der Waals surface area contributed by atoms with Crippen molar-refractivity contribution in [1.82, 2.24) is 0 Å². The van der Waals surface area contributed by atoms with Crippen molar-refractivity contribution in [1.29, 1.82) is 0 Å². The van der Waals surface area contributed by atoms with Gasteiger partial charge < -0.3 is 14.5 Å². The quantitative estimate of drug-likeness (QED) is 0.500. The lowest BCUT2D eigenvalue weighted by Gasteiger charge is -2.11. The molecule has 9 heteroatoms. The van der Waals surface area contributed by atoms with Gasteiger partial charge in [-0.2, -0.15) is 13.2 Å². The van der Waals surface area contributed by atoms with E-state index in [0.717, 1.165) is 42.2 Å². The number of anilines is 1. The van der Waals surface area contributed by atoms with Crippen molar-refractivity contribution < 1.29 is 31.9 Å². The van der Waals surface area contributed by atoms with E-state index >= 15 is 0 Å². The van der Waals surface area contributed by atoms with Crippen LogP contribution < -0.4 is 5.32 Å². The fourth-order valence-electron chi connectivity index (χ4n) is 3.69. The molecule has 0 unspecified atom stereocenters. The standard InChI is InChI=1S/C22H18F3NO4S/c1-29-21(28)18-13-7-3-5-9-17(13)31-20(18)26-19(27)16-11-10-15(30-16)12-6-2-4-8-14(12)22(23,24)25/h2,4,6,8,10-11H,3,5,7,9H2,1H3,(H,26,27). The largest absolute Gasteiger partial charge is 0.465 e. The van der Waals surface area contributed by atoms with Gasteiger partial charge in [-0.1, -0.05) is 18.2 Å². The number of esters is 1. The number of benzene rings is 1. The second-order valence-corrected chi connectivity index (χ2v) is 8.17. The average molecular weight is 449 g/mol. The lowest BCUT2D eigenvalue weighted by molar-refractivity contribution is -0.137. The molecule has 0 saturated carbocycles. The Hall–Kier alpha value is -3.07. The van der Waals surface area contributed by atoms with E-state index < -0.39 is 23.6 Å². The number of thiophene rings is 1. The molecule has 4 rings (SSSR count). The molecule has 31 heavy (non-hydrogen) atoms. The molecule has 0 atom stereocenters. The van der Waals surface area contributed by atoms with Crippen LogP contribution in [-0.2, 0) is 23.8 Å². The Morgan fingerprint density at radius 3 is 2.58 bits per heavy atom. The molecule has 0 aliphatic heterocycles. The van der Waals surface area contributed by atoms with Gasteiger partial charge in [-0.15, -0.1) is 11.3 Å². The number of halogens is 3. The Labute approximate surface area is 179 Å². The van der Waals surface area contributed by atoms with Crippen molar-refractivity contribution in [3.8, 4) is 11.3 Å². The van der Waals surface area contributed by atoms with E-state index in [2.05, 4.69) is 5.32 Å². The second kappa shape index (κ2) is 8.22. The second-order valence-electron chi connectivity index (χ2n) is 7.07. The van der Waals surface area contributed by atoms with Crippen LogP contribution in [0.5, 0.6) is 0 Å². The van der Waals surface area contributed by atoms with Gasteiger partial charge in [-0.05, 0) is 49.4 Å². The maximum Gasteiger partial charge on any atom is 0.417 e. The molecule has 0 spiro atoms. The van der Waals surface area contributed by atoms with E-state index in [-0.39, 0.29) is 17.1 Å². The van der Waals surface area contributed by atoms with Crippen LogP contribution in [0.2, 0.25) is 0 Å². The number of furan rings is 1. The third kappa shape index (κ3) is 4.10. The number of aryl methyl sites for hydroxylation is 1. The summed E-state index contributed by atoms with van der Waals surface area (Å²) < 4.78 is 50.2. The first kappa shape index (κ1) is 21.2. The normalized spacial score (nSPS) is 13.5. The van der Waals surface area contributed by atoms with E-state index in [9.17, 15) is 22.8 Å². The highest BCUT2D eigenvalue weighted by atomic mass is 32.1. The van der Waals surface area contributed by atoms with Crippen LogP contribution in [-0.4, -0.2) is 19.0 Å². The van der Waals surface area contributed by atoms with Gasteiger partial charge in [0.1, 0.15) is 10.8 Å². The number of nitrogens with one attached hydrogen (secondary N) is 1. The van der Waals surface area contributed by atoms with Crippen molar-refractivity contribution in [3.63, 3.8) is 0 Å². The monoisotopic (exact) mass is 449 g/mol. The summed E-state index contributed by atoms with van der Waals surface area (Å²) in [4.78, 5) is 26.1. The van der Waals surface area contributed by atoms with Crippen molar-refractivity contribution in [3.05, 3.63) is 63.7 Å². The SMILES string of the molecule is COC(=O)c1c(NC(=O)c2ccc(-c3ccccc3C(F)(F)F)o2)sc2c1CCCC2. The molecule has 1 amide bonds. The highest BCUT2D eigenvalue weighted by Crippen LogP contribution is 2.40. The third-order valence-electron chi connectivity index (χ3n) is 5.12. The Morgan fingerprint density at radius 1 is 1.10 bits per heavy atom. The number of rotatable bonds is 4. The third-order valence-corrected chi connectivity index (χ3v) is 6.32. The van der Waals surface area contributed by atoms with Crippen LogP contribution >= 0.6 is 11.3 Å². The summed E-state index contributed by atoms with van der Waals surface area (Å²) in [5.41, 5.74) is 0.216. The lowest BCUT2D eigenvalue weighted by atomic mass is 9.95. The fourth-order valence-corrected chi connectivity index (χ4v) is 4.96. The van der Waals surface area contributed by atoms with Crippen LogP contribution in [0.3, 0.4) is 0 Å². The molecule has 2 heterocycles. The van der Waals surface area contributed by atoms with Crippen LogP contribution in [0.1, 0.15) is 49.8 Å². The number of alkyl halides is 3. The van der Waals surface area contributed by atoms with Gasteiger partial charge in [0.25, 0.3) is 5.91 Å². The highest BCUT2D eigenvalue weighted by molar-refractivity contribution is 7.17. The van der Waals surface area contributed by atoms with Gasteiger partial charge in [-0.25, -0.2) is 4.79 Å². The van der Waals surface area contributed by atoms with E-state index in [1.165, 1.54) is 48.8 Å². The Morgan fingerprint density at radius 2 is 1.84 bits per heavy atom. The Balaban J connectivity index is 1.63. The van der Waals surface area contributed by atoms with Crippen LogP contribution in [0, 0.1) is 0 Å². The number of fused-ring (bicyclic) bond motifs is 1. The first-order chi connectivity index (χ1) is 14.8. The zero-order valence-corrected chi connectivity index (χ0v) is 17.3. The summed E-state index contributed by atoms with van der Waals surface area (Å²) in [6.45, 7) is 0. The molecule has 1 aromatic carbocycles. The summed E-state index contributed by atoms with van der Waals surface area (Å²) in [7, 11) is 1.28. The molecule has 0 radical (unpaired) electrons. The van der Waals surface area contributed by atoms with E-state index in [4.69, 9.17) is 9.15 Å². The van der Waals surface area contributed by atoms with Crippen LogP contribution in [0.25, 0.3) is 11.3 Å². The van der Waals surface area contributed by atoms with Gasteiger partial charge in [0.05, 0.1) is 18.2 Å². The predicted octanol–water partition coefficient (Wildman–Crippen LogP) is 5.94. The van der Waals surface area contributed by atoms with Gasteiger partial charge in [0, 0.05) is 10.4 Å². The number of hydrogen-bond acceptors (Lipinski definition) is 5. The number of carbonyl (C=O) groups excluding carboxylic acids is 2. The van der Waals surface area contributed by atoms with E-state index in [0.29, 0.717) is 10.6 Å². The zero-order valence-electron chi connectivity index (χ0n) is 16.5. The van der Waals surface area contributed by atoms with Crippen LogP contribution in [0.15, 0.2) is 40.8 Å². The Bertz CT molecular complexity index is 1150. The first-order valence-corrected chi connectivity index (χ1v) is 10.4. The van der Waals surface area contributed by atoms with Crippen molar-refractivity contribution in [2.75, 3.05) is 12.4 Å². The summed E-state index contributed by atoms with van der Waals surface area (Å²) in [6, 6.07) is 7.62. The summed E-state index contributed by atoms with van der Waals surface area (Å²) in [6.07, 6.45) is -1.07. The number of hydrogen-bond donors (Lipinski definition) is 1. The summed E-state index contributed by atoms with van der Waals surface area (Å²) in [5.74, 6) is -1.42. The predicted molar refractivity (Wildman–Crippen MR) is 109 cm³/mol. The van der Waals surface area contributed by atoms with Gasteiger partial charge in [0.15, 0.2) is 5.76 Å². The average Bonchev–Trinajstić information content (AvgIpc) is 3.37. The molecular weight excluding hydrogens is 431 g/mol. The van der Waals surface area contributed by atoms with Gasteiger partial charge in [0.2, 0.25) is 0 Å². The molecule has 0 bridgehead atoms. The van der Waals surface area contributed by atoms with E-state index in [1.807, 2.05) is 0 Å². The van der Waals surface area contributed by atoms with Crippen LogP contribution in [0.4, 0.5) is 18.2 Å². The zero-order chi connectivity index (χ0) is 22.2. The molecule has 2 aromatic heterocycles. The minimum atomic E-state index is -4.56. The summed E-state index contributed by atoms with van der Waals surface area (Å²) in [5, 5.41) is 3.03. The van der Waals surface area contributed by atoms with Gasteiger partial charge >= 0.3 is 12.1 Å². The molecule has 162 valence electrons. The molecule has 5 nitrogen and oxygen atoms in total. The molecule has 3 aromatic rings. The number of amides is 1. The van der Waals surface area contributed by atoms with Crippen molar-refractivity contribution in [2.45, 2.75) is 31.9 Å². The summed E-state index contributed by atoms with van der Waals surface area (Å²) >= 11 is 1.31. The number of methoxy groups -OCH3 is 1. The van der Waals surface area contributed by atoms with Crippen molar-refractivity contribution in [2.24, 2.45) is 0 Å². The molecule has 1 N–H and O–H groups in total. The fraction of sp³-hybridized carbons (Fsp3) is 0.273. The minimum absolute atomic E-state index is 0.0725. The Kier molecular flexibility index (Phi) is 5.62. The lowest BCUT2D eigenvalue weighted by Crippen LogP contribution is -2.14. The topological polar surface area (TPSA) is 68.5 Å². The maximum absolute atomic E-state index is 13.3. The molecular formula is C22H18F3NO4S. The minimum Gasteiger partial charge on any atom is -0.465 e. The molecule has 1 aliphatic carbocycles. The van der Waals surface area contributed by atoms with E-state index in [1.54, 1.807) is 0 Å². The maximum atomic E-state index is 13.3. The first-order valence-electron chi connectivity index (χ1n) is 9.60. The number of carbonyl (C=O) groups is 2. The smallest absolute Gasteiger partial charge is 0.417 e. The van der Waals surface area contributed by atoms with Crippen molar-refractivity contribution >= 4 is 28.2 Å². The molecule has 0 fully saturated rings. The highest BCUT2D eigenvalue weighted by Gasteiger charge is 2.34. The van der Waals surface area contributed by atoms with Gasteiger partial charge in [-0.3, -0.25) is 4.79 Å². The number of ether oxygens (including phenoxy) is 1.